The third kappa shape index (κ3) is 23.2. The Kier molecular flexibility index (Phi) is 23.3. The molecule has 0 aromatic carbocycles. The average Bonchev–Trinajstić information content (AvgIpc) is 2.84. The number of phosphoric ester groups is 1. The van der Waals surface area contributed by atoms with Gasteiger partial charge in [-0.05, 0) is 32.6 Å². The van der Waals surface area contributed by atoms with Crippen LogP contribution < -0.4 is 0 Å². The van der Waals surface area contributed by atoms with E-state index in [4.69, 9.17) is 14.0 Å². The molecule has 0 saturated carbocycles. The maximum Gasteiger partial charge on any atom is 0.472 e. The zero-order valence-electron chi connectivity index (χ0n) is 22.8. The van der Waals surface area contributed by atoms with Gasteiger partial charge < -0.3 is 14.4 Å². The molecule has 0 radical (unpaired) electrons. The zero-order chi connectivity index (χ0) is 26.9. The minimum atomic E-state index is -4.25. The standard InChI is InChI=1S/C27H51O8P/c1-4-7-9-11-13-14-16-17-19-21-26(28)32-23-25(24-34-36(30,31)33-6-3)35-27(29)22-20-18-15-12-10-8-5-2/h5,25H,2,4,6-24H2,1,3H3,(H,30,31)/t25-/m0/s1. The lowest BCUT2D eigenvalue weighted by atomic mass is 10.1. The molecule has 0 aliphatic heterocycles. The summed E-state index contributed by atoms with van der Waals surface area (Å²) in [6.07, 6.45) is 17.6. The van der Waals surface area contributed by atoms with E-state index in [0.717, 1.165) is 51.4 Å². The van der Waals surface area contributed by atoms with Gasteiger partial charge in [-0.15, -0.1) is 6.58 Å². The summed E-state index contributed by atoms with van der Waals surface area (Å²) in [6, 6.07) is 0. The van der Waals surface area contributed by atoms with Gasteiger partial charge in [0.2, 0.25) is 0 Å². The summed E-state index contributed by atoms with van der Waals surface area (Å²) >= 11 is 0. The van der Waals surface area contributed by atoms with Gasteiger partial charge in [-0.2, -0.15) is 0 Å². The Hall–Kier alpha value is -1.21. The van der Waals surface area contributed by atoms with Crippen LogP contribution in [0.3, 0.4) is 0 Å². The second-order valence-corrected chi connectivity index (χ2v) is 10.6. The molecule has 36 heavy (non-hydrogen) atoms. The van der Waals surface area contributed by atoms with Crippen molar-refractivity contribution in [1.82, 2.24) is 0 Å². The minimum absolute atomic E-state index is 0.00123. The number of esters is 2. The molecule has 0 aliphatic carbocycles. The number of hydrogen-bond acceptors (Lipinski definition) is 7. The fourth-order valence-electron chi connectivity index (χ4n) is 3.67. The molecule has 212 valence electrons. The van der Waals surface area contributed by atoms with Gasteiger partial charge in [-0.1, -0.05) is 83.6 Å². The fraction of sp³-hybridized carbons (Fsp3) is 0.852. The minimum Gasteiger partial charge on any atom is -0.462 e. The molecular weight excluding hydrogens is 483 g/mol. The Balaban J connectivity index is 4.30. The zero-order valence-corrected chi connectivity index (χ0v) is 23.7. The van der Waals surface area contributed by atoms with Gasteiger partial charge in [0.25, 0.3) is 0 Å². The number of carbonyl (C=O) groups excluding carboxylic acids is 2. The first kappa shape index (κ1) is 34.8. The first-order chi connectivity index (χ1) is 17.3. The smallest absolute Gasteiger partial charge is 0.462 e. The maximum atomic E-state index is 12.2. The summed E-state index contributed by atoms with van der Waals surface area (Å²) in [7, 11) is -4.25. The van der Waals surface area contributed by atoms with E-state index in [1.165, 1.54) is 38.5 Å². The number of hydrogen-bond donors (Lipinski definition) is 1. The average molecular weight is 535 g/mol. The predicted octanol–water partition coefficient (Wildman–Crippen LogP) is 7.43. The van der Waals surface area contributed by atoms with E-state index in [1.807, 2.05) is 6.08 Å². The lowest BCUT2D eigenvalue weighted by Gasteiger charge is -2.19. The second-order valence-electron chi connectivity index (χ2n) is 9.15. The molecule has 0 aromatic heterocycles. The maximum absolute atomic E-state index is 12.2. The molecule has 0 fully saturated rings. The van der Waals surface area contributed by atoms with Crippen molar-refractivity contribution in [1.29, 1.82) is 0 Å². The van der Waals surface area contributed by atoms with Crippen LogP contribution in [-0.4, -0.2) is 42.8 Å². The van der Waals surface area contributed by atoms with Crippen molar-refractivity contribution in [2.24, 2.45) is 0 Å². The molecule has 0 saturated heterocycles. The molecular formula is C27H51O8P. The van der Waals surface area contributed by atoms with E-state index >= 15 is 0 Å². The predicted molar refractivity (Wildman–Crippen MR) is 143 cm³/mol. The van der Waals surface area contributed by atoms with Gasteiger partial charge in [0.1, 0.15) is 6.61 Å². The molecule has 0 aliphatic rings. The third-order valence-corrected chi connectivity index (χ3v) is 6.78. The van der Waals surface area contributed by atoms with Crippen molar-refractivity contribution in [3.63, 3.8) is 0 Å². The molecule has 1 N–H and O–H groups in total. The van der Waals surface area contributed by atoms with Crippen LogP contribution in [0.25, 0.3) is 0 Å². The molecule has 0 heterocycles. The van der Waals surface area contributed by atoms with E-state index < -0.39 is 26.5 Å². The summed E-state index contributed by atoms with van der Waals surface area (Å²) in [5, 5.41) is 0. The summed E-state index contributed by atoms with van der Waals surface area (Å²) in [5.74, 6) is -0.829. The van der Waals surface area contributed by atoms with Gasteiger partial charge in [0, 0.05) is 12.8 Å². The number of ether oxygens (including phenoxy) is 2. The largest absolute Gasteiger partial charge is 0.472 e. The van der Waals surface area contributed by atoms with Crippen molar-refractivity contribution in [3.8, 4) is 0 Å². The van der Waals surface area contributed by atoms with E-state index in [2.05, 4.69) is 18.0 Å². The lowest BCUT2D eigenvalue weighted by molar-refractivity contribution is -0.161. The highest BCUT2D eigenvalue weighted by molar-refractivity contribution is 7.47. The molecule has 8 nitrogen and oxygen atoms in total. The third-order valence-electron chi connectivity index (χ3n) is 5.72. The molecule has 0 amide bonds. The Labute approximate surface area is 219 Å². The van der Waals surface area contributed by atoms with E-state index in [1.54, 1.807) is 6.92 Å². The van der Waals surface area contributed by atoms with Crippen LogP contribution in [0.1, 0.15) is 123 Å². The first-order valence-electron chi connectivity index (χ1n) is 13.9. The molecule has 2 atom stereocenters. The van der Waals surface area contributed by atoms with Crippen molar-refractivity contribution in [2.45, 2.75) is 129 Å². The highest BCUT2D eigenvalue weighted by Gasteiger charge is 2.25. The molecule has 1 unspecified atom stereocenters. The molecule has 0 bridgehead atoms. The number of phosphoric acid groups is 1. The van der Waals surface area contributed by atoms with Crippen LogP contribution in [0.2, 0.25) is 0 Å². The van der Waals surface area contributed by atoms with E-state index in [9.17, 15) is 19.0 Å². The molecule has 0 spiro atoms. The van der Waals surface area contributed by atoms with Gasteiger partial charge in [0.05, 0.1) is 13.2 Å². The summed E-state index contributed by atoms with van der Waals surface area (Å²) in [5.41, 5.74) is 0. The summed E-state index contributed by atoms with van der Waals surface area (Å²) < 4.78 is 32.1. The Bertz CT molecular complexity index is 611. The van der Waals surface area contributed by atoms with Crippen LogP contribution in [0.5, 0.6) is 0 Å². The number of allylic oxidation sites excluding steroid dienone is 1. The molecule has 0 aromatic rings. The molecule has 9 heteroatoms. The highest BCUT2D eigenvalue weighted by Crippen LogP contribution is 2.43. The van der Waals surface area contributed by atoms with Crippen LogP contribution in [-0.2, 0) is 32.7 Å². The highest BCUT2D eigenvalue weighted by atomic mass is 31.2. The Morgan fingerprint density at radius 1 is 0.778 bits per heavy atom. The van der Waals surface area contributed by atoms with Gasteiger partial charge >= 0.3 is 19.8 Å². The van der Waals surface area contributed by atoms with Crippen LogP contribution in [0.4, 0.5) is 0 Å². The van der Waals surface area contributed by atoms with Crippen LogP contribution in [0, 0.1) is 0 Å². The number of rotatable bonds is 26. The number of carbonyl (C=O) groups is 2. The van der Waals surface area contributed by atoms with Crippen molar-refractivity contribution >= 4 is 19.8 Å². The monoisotopic (exact) mass is 534 g/mol. The lowest BCUT2D eigenvalue weighted by Crippen LogP contribution is -2.29. The van der Waals surface area contributed by atoms with Crippen molar-refractivity contribution in [2.75, 3.05) is 19.8 Å². The quantitative estimate of drug-likeness (QED) is 0.0528. The van der Waals surface area contributed by atoms with Crippen LogP contribution in [0.15, 0.2) is 12.7 Å². The normalized spacial score (nSPS) is 13.6. The summed E-state index contributed by atoms with van der Waals surface area (Å²) in [4.78, 5) is 34.0. The fourth-order valence-corrected chi connectivity index (χ4v) is 4.42. The van der Waals surface area contributed by atoms with Crippen molar-refractivity contribution in [3.05, 3.63) is 12.7 Å². The van der Waals surface area contributed by atoms with Gasteiger partial charge in [0.15, 0.2) is 6.10 Å². The Morgan fingerprint density at radius 3 is 1.86 bits per heavy atom. The van der Waals surface area contributed by atoms with Gasteiger partial charge in [-0.3, -0.25) is 18.6 Å². The second kappa shape index (κ2) is 24.1. The van der Waals surface area contributed by atoms with Crippen LogP contribution >= 0.6 is 7.82 Å². The first-order valence-corrected chi connectivity index (χ1v) is 15.4. The Morgan fingerprint density at radius 2 is 1.31 bits per heavy atom. The molecule has 0 rings (SSSR count). The number of unbranched alkanes of at least 4 members (excludes halogenated alkanes) is 13. The summed E-state index contributed by atoms with van der Waals surface area (Å²) in [6.45, 7) is 6.85. The topological polar surface area (TPSA) is 108 Å². The van der Waals surface area contributed by atoms with Crippen molar-refractivity contribution < 1.29 is 37.6 Å². The SMILES string of the molecule is C=CCCCCCCCC(=O)O[C@@H](COC(=O)CCCCCCCCCCC)COP(=O)(O)OCC. The van der Waals surface area contributed by atoms with E-state index in [0.29, 0.717) is 12.8 Å². The van der Waals surface area contributed by atoms with E-state index in [-0.39, 0.29) is 25.6 Å². The van der Waals surface area contributed by atoms with Gasteiger partial charge in [-0.25, -0.2) is 4.57 Å².